The minimum Gasteiger partial charge on any atom is -0.325 e. The molecule has 0 atom stereocenters. The van der Waals surface area contributed by atoms with Crippen LogP contribution in [-0.4, -0.2) is 31.2 Å². The van der Waals surface area contributed by atoms with Crippen LogP contribution in [-0.2, 0) is 21.2 Å². The zero-order chi connectivity index (χ0) is 17.9. The smallest absolute Gasteiger partial charge is 0.243 e. The number of anilines is 1. The maximum atomic E-state index is 12.4. The van der Waals surface area contributed by atoms with E-state index in [4.69, 9.17) is 0 Å². The monoisotopic (exact) mass is 360 g/mol. The lowest BCUT2D eigenvalue weighted by molar-refractivity contribution is -0.115. The number of nitrogens with one attached hydrogen (secondary N) is 2. The average molecular weight is 360 g/mol. The second kappa shape index (κ2) is 6.99. The fourth-order valence-electron chi connectivity index (χ4n) is 2.27. The predicted molar refractivity (Wildman–Crippen MR) is 91.4 cm³/mol. The Balaban J connectivity index is 1.67. The molecule has 0 unspecified atom stereocenters. The summed E-state index contributed by atoms with van der Waals surface area (Å²) < 4.78 is 31.6. The van der Waals surface area contributed by atoms with Crippen molar-refractivity contribution in [3.63, 3.8) is 0 Å². The highest BCUT2D eigenvalue weighted by Gasteiger charge is 2.21. The topological polar surface area (TPSA) is 114 Å². The molecule has 3 rings (SSSR count). The fraction of sp³-hybridized carbons (Fsp3) is 0.188. The van der Waals surface area contributed by atoms with E-state index in [0.717, 1.165) is 12.0 Å². The maximum absolute atomic E-state index is 12.4. The molecule has 0 aliphatic rings. The third-order valence-electron chi connectivity index (χ3n) is 3.61. The van der Waals surface area contributed by atoms with Crippen LogP contribution in [0.2, 0.25) is 0 Å². The Hall–Kier alpha value is -2.78. The van der Waals surface area contributed by atoms with Crippen molar-refractivity contribution in [3.05, 3.63) is 48.0 Å². The Labute approximate surface area is 144 Å². The Morgan fingerprint density at radius 2 is 1.88 bits per heavy atom. The number of amides is 1. The lowest BCUT2D eigenvalue weighted by Gasteiger charge is -2.08. The molecule has 2 N–H and O–H groups in total. The third kappa shape index (κ3) is 3.83. The lowest BCUT2D eigenvalue weighted by Crippen LogP contribution is -2.33. The molecule has 0 fully saturated rings. The van der Waals surface area contributed by atoms with E-state index in [-0.39, 0.29) is 10.4 Å². The molecule has 1 amide bonds. The van der Waals surface area contributed by atoms with Crippen LogP contribution in [0.4, 0.5) is 5.69 Å². The summed E-state index contributed by atoms with van der Waals surface area (Å²) in [6, 6.07) is 11.8. The van der Waals surface area contributed by atoms with E-state index in [2.05, 4.69) is 25.0 Å². The Morgan fingerprint density at radius 3 is 2.60 bits per heavy atom. The van der Waals surface area contributed by atoms with Gasteiger partial charge >= 0.3 is 0 Å². The first-order valence-electron chi connectivity index (χ1n) is 7.59. The Morgan fingerprint density at radius 1 is 1.12 bits per heavy atom. The molecule has 0 spiro atoms. The molecule has 3 aromatic rings. The van der Waals surface area contributed by atoms with Gasteiger partial charge in [0.1, 0.15) is 10.4 Å². The largest absolute Gasteiger partial charge is 0.325 e. The number of aromatic nitrogens is 2. The number of carbonyl (C=O) groups excluding carboxylic acids is 1. The molecule has 8 nitrogen and oxygen atoms in total. The fourth-order valence-corrected chi connectivity index (χ4v) is 3.40. The van der Waals surface area contributed by atoms with E-state index in [1.54, 1.807) is 18.2 Å². The Kier molecular flexibility index (Phi) is 4.77. The van der Waals surface area contributed by atoms with Gasteiger partial charge in [0, 0.05) is 5.69 Å². The van der Waals surface area contributed by atoms with E-state index >= 15 is 0 Å². The van der Waals surface area contributed by atoms with Crippen molar-refractivity contribution in [1.29, 1.82) is 0 Å². The van der Waals surface area contributed by atoms with Gasteiger partial charge < -0.3 is 5.32 Å². The van der Waals surface area contributed by atoms with Gasteiger partial charge in [0.25, 0.3) is 0 Å². The minimum absolute atomic E-state index is 0.0913. The third-order valence-corrected chi connectivity index (χ3v) is 5.04. The van der Waals surface area contributed by atoms with Crippen molar-refractivity contribution in [3.8, 4) is 0 Å². The number of aryl methyl sites for hydroxylation is 1. The summed E-state index contributed by atoms with van der Waals surface area (Å²) in [5, 5.41) is 9.83. The SMILES string of the molecule is CCc1ccc(NC(=O)CNS(=O)(=O)c2cccc3nonc23)cc1. The number of sulfonamides is 1. The van der Waals surface area contributed by atoms with Gasteiger partial charge in [-0.15, -0.1) is 0 Å². The van der Waals surface area contributed by atoms with E-state index in [0.29, 0.717) is 11.2 Å². The second-order valence-corrected chi connectivity index (χ2v) is 7.05. The normalized spacial score (nSPS) is 11.6. The number of hydrogen-bond acceptors (Lipinski definition) is 6. The van der Waals surface area contributed by atoms with Crippen LogP contribution in [0.5, 0.6) is 0 Å². The minimum atomic E-state index is -3.93. The molecule has 2 aromatic carbocycles. The van der Waals surface area contributed by atoms with Gasteiger partial charge in [-0.2, -0.15) is 0 Å². The number of hydrogen-bond donors (Lipinski definition) is 2. The lowest BCUT2D eigenvalue weighted by atomic mass is 10.1. The molecule has 0 radical (unpaired) electrons. The highest BCUT2D eigenvalue weighted by Crippen LogP contribution is 2.19. The number of carbonyl (C=O) groups is 1. The molecular formula is C16H16N4O4S. The molecule has 0 saturated heterocycles. The van der Waals surface area contributed by atoms with Crippen LogP contribution in [0, 0.1) is 0 Å². The van der Waals surface area contributed by atoms with Crippen LogP contribution in [0.25, 0.3) is 11.0 Å². The molecule has 0 aliphatic heterocycles. The molecule has 25 heavy (non-hydrogen) atoms. The number of rotatable bonds is 6. The summed E-state index contributed by atoms with van der Waals surface area (Å²) in [7, 11) is -3.93. The summed E-state index contributed by atoms with van der Waals surface area (Å²) >= 11 is 0. The molecule has 9 heteroatoms. The van der Waals surface area contributed by atoms with Gasteiger partial charge in [-0.05, 0) is 46.6 Å². The van der Waals surface area contributed by atoms with Gasteiger partial charge in [-0.1, -0.05) is 25.1 Å². The van der Waals surface area contributed by atoms with E-state index < -0.39 is 22.5 Å². The number of fused-ring (bicyclic) bond motifs is 1. The van der Waals surface area contributed by atoms with E-state index in [1.165, 1.54) is 12.1 Å². The standard InChI is InChI=1S/C16H16N4O4S/c1-2-11-6-8-12(9-7-11)18-15(21)10-17-25(22,23)14-5-3-4-13-16(14)20-24-19-13/h3-9,17H,2,10H2,1H3,(H,18,21). The van der Waals surface area contributed by atoms with Crippen LogP contribution in [0.3, 0.4) is 0 Å². The molecular weight excluding hydrogens is 344 g/mol. The van der Waals surface area contributed by atoms with Crippen molar-refractivity contribution in [1.82, 2.24) is 15.0 Å². The average Bonchev–Trinajstić information content (AvgIpc) is 3.09. The molecule has 0 saturated carbocycles. The summed E-state index contributed by atoms with van der Waals surface area (Å²) in [5.41, 5.74) is 2.19. The van der Waals surface area contributed by atoms with Gasteiger partial charge in [-0.25, -0.2) is 17.8 Å². The second-order valence-electron chi connectivity index (χ2n) is 5.31. The van der Waals surface area contributed by atoms with Crippen molar-refractivity contribution < 1.29 is 17.8 Å². The van der Waals surface area contributed by atoms with Crippen LogP contribution in [0.15, 0.2) is 52.0 Å². The molecule has 130 valence electrons. The highest BCUT2D eigenvalue weighted by molar-refractivity contribution is 7.89. The predicted octanol–water partition coefficient (Wildman–Crippen LogP) is 1.70. The molecule has 0 aliphatic carbocycles. The van der Waals surface area contributed by atoms with Crippen molar-refractivity contribution in [2.24, 2.45) is 0 Å². The first-order valence-corrected chi connectivity index (χ1v) is 9.07. The number of nitrogens with zero attached hydrogens (tertiary/aromatic N) is 2. The van der Waals surface area contributed by atoms with Crippen LogP contribution in [0.1, 0.15) is 12.5 Å². The molecule has 0 bridgehead atoms. The molecule has 1 aromatic heterocycles. The van der Waals surface area contributed by atoms with E-state index in [1.807, 2.05) is 19.1 Å². The van der Waals surface area contributed by atoms with Crippen LogP contribution < -0.4 is 10.0 Å². The van der Waals surface area contributed by atoms with Gasteiger partial charge in [0.05, 0.1) is 6.54 Å². The van der Waals surface area contributed by atoms with E-state index in [9.17, 15) is 13.2 Å². The number of benzene rings is 2. The first-order chi connectivity index (χ1) is 12.0. The Bertz CT molecular complexity index is 996. The van der Waals surface area contributed by atoms with Gasteiger partial charge in [0.15, 0.2) is 5.52 Å². The van der Waals surface area contributed by atoms with Crippen molar-refractivity contribution >= 4 is 32.7 Å². The summed E-state index contributed by atoms with van der Waals surface area (Å²) in [6.45, 7) is 1.63. The quantitative estimate of drug-likeness (QED) is 0.691. The molecule has 1 heterocycles. The highest BCUT2D eigenvalue weighted by atomic mass is 32.2. The first kappa shape index (κ1) is 17.1. The summed E-state index contributed by atoms with van der Waals surface area (Å²) in [5.74, 6) is -0.474. The zero-order valence-electron chi connectivity index (χ0n) is 13.4. The zero-order valence-corrected chi connectivity index (χ0v) is 14.2. The van der Waals surface area contributed by atoms with Crippen molar-refractivity contribution in [2.75, 3.05) is 11.9 Å². The summed E-state index contributed by atoms with van der Waals surface area (Å²) in [6.07, 6.45) is 0.899. The van der Waals surface area contributed by atoms with Crippen molar-refractivity contribution in [2.45, 2.75) is 18.2 Å². The van der Waals surface area contributed by atoms with Crippen LogP contribution >= 0.6 is 0 Å². The van der Waals surface area contributed by atoms with Gasteiger partial charge in [-0.3, -0.25) is 4.79 Å². The maximum Gasteiger partial charge on any atom is 0.243 e. The summed E-state index contributed by atoms with van der Waals surface area (Å²) in [4.78, 5) is 11.9. The van der Waals surface area contributed by atoms with Gasteiger partial charge in [0.2, 0.25) is 15.9 Å².